The molecular weight excluding hydrogens is 322 g/mol. The molecule has 1 amide bonds. The summed E-state index contributed by atoms with van der Waals surface area (Å²) in [5.74, 6) is -0.0844. The van der Waals surface area contributed by atoms with Gasteiger partial charge in [-0.25, -0.2) is 0 Å². The van der Waals surface area contributed by atoms with E-state index in [0.717, 1.165) is 5.56 Å². The van der Waals surface area contributed by atoms with Gasteiger partial charge in [0.1, 0.15) is 6.26 Å². The highest BCUT2D eigenvalue weighted by Gasteiger charge is 2.14. The summed E-state index contributed by atoms with van der Waals surface area (Å²) in [6.07, 6.45) is 2.02. The van der Waals surface area contributed by atoms with E-state index in [1.54, 1.807) is 6.07 Å². The second-order valence-corrected chi connectivity index (χ2v) is 5.25. The van der Waals surface area contributed by atoms with Crippen molar-refractivity contribution in [1.82, 2.24) is 5.32 Å². The average Bonchev–Trinajstić information content (AvgIpc) is 2.91. The molecule has 0 saturated carbocycles. The van der Waals surface area contributed by atoms with Crippen molar-refractivity contribution in [3.05, 3.63) is 58.5 Å². The third-order valence-electron chi connectivity index (χ3n) is 3.09. The van der Waals surface area contributed by atoms with Crippen LogP contribution >= 0.6 is 15.9 Å². The topological polar surface area (TPSA) is 62.5 Å². The molecule has 0 bridgehead atoms. The molecule has 106 valence electrons. The van der Waals surface area contributed by atoms with Crippen LogP contribution in [0.4, 0.5) is 0 Å². The molecule has 4 nitrogen and oxygen atoms in total. The highest BCUT2D eigenvalue weighted by molar-refractivity contribution is 9.10. The van der Waals surface area contributed by atoms with Crippen LogP contribution in [0.3, 0.4) is 0 Å². The van der Waals surface area contributed by atoms with Crippen LogP contribution in [0.15, 0.2) is 51.7 Å². The lowest BCUT2D eigenvalue weighted by atomic mass is 9.96. The number of aliphatic hydroxyl groups is 1. The predicted molar refractivity (Wildman–Crippen MR) is 79.6 cm³/mol. The Labute approximate surface area is 125 Å². The molecule has 1 aromatic heterocycles. The molecule has 0 aliphatic rings. The molecular formula is C15H16BrNO3. The van der Waals surface area contributed by atoms with Gasteiger partial charge in [-0.2, -0.15) is 0 Å². The molecule has 20 heavy (non-hydrogen) atoms. The monoisotopic (exact) mass is 337 g/mol. The van der Waals surface area contributed by atoms with Gasteiger partial charge in [-0.1, -0.05) is 30.3 Å². The Morgan fingerprint density at radius 2 is 2.10 bits per heavy atom. The first-order valence-electron chi connectivity index (χ1n) is 6.38. The molecule has 0 aliphatic heterocycles. The fraction of sp³-hybridized carbons (Fsp3) is 0.267. The Hall–Kier alpha value is -1.59. The van der Waals surface area contributed by atoms with Crippen molar-refractivity contribution in [3.8, 4) is 0 Å². The number of furan rings is 1. The Morgan fingerprint density at radius 3 is 2.70 bits per heavy atom. The van der Waals surface area contributed by atoms with Gasteiger partial charge in [0, 0.05) is 25.1 Å². The predicted octanol–water partition coefficient (Wildman–Crippen LogP) is 2.94. The van der Waals surface area contributed by atoms with Crippen molar-refractivity contribution >= 4 is 21.8 Å². The van der Waals surface area contributed by atoms with Gasteiger partial charge in [0.25, 0.3) is 5.91 Å². The molecule has 1 atom stereocenters. The summed E-state index contributed by atoms with van der Waals surface area (Å²) in [7, 11) is 0. The quantitative estimate of drug-likeness (QED) is 0.851. The summed E-state index contributed by atoms with van der Waals surface area (Å²) in [6, 6.07) is 11.5. The van der Waals surface area contributed by atoms with Gasteiger partial charge >= 0.3 is 0 Å². The highest BCUT2D eigenvalue weighted by Crippen LogP contribution is 2.19. The Bertz CT molecular complexity index is 553. The maximum Gasteiger partial charge on any atom is 0.254 e. The molecule has 2 aromatic rings. The van der Waals surface area contributed by atoms with Crippen molar-refractivity contribution in [2.45, 2.75) is 12.3 Å². The molecule has 0 aliphatic carbocycles. The zero-order valence-electron chi connectivity index (χ0n) is 10.9. The maximum atomic E-state index is 11.9. The standard InChI is InChI=1S/C15H16BrNO3/c16-14-8-13(10-20-14)15(19)17-9-12(6-7-18)11-4-2-1-3-5-11/h1-5,8,10,12,18H,6-7,9H2,(H,17,19). The van der Waals surface area contributed by atoms with Crippen molar-refractivity contribution < 1.29 is 14.3 Å². The van der Waals surface area contributed by atoms with Gasteiger partial charge in [-0.15, -0.1) is 0 Å². The van der Waals surface area contributed by atoms with E-state index in [1.807, 2.05) is 30.3 Å². The number of hydrogen-bond acceptors (Lipinski definition) is 3. The molecule has 1 heterocycles. The second-order valence-electron chi connectivity index (χ2n) is 4.47. The fourth-order valence-electron chi connectivity index (χ4n) is 2.01. The summed E-state index contributed by atoms with van der Waals surface area (Å²) in [4.78, 5) is 11.9. The van der Waals surface area contributed by atoms with Crippen LogP contribution in [0.2, 0.25) is 0 Å². The third kappa shape index (κ3) is 3.95. The molecule has 2 rings (SSSR count). The third-order valence-corrected chi connectivity index (χ3v) is 3.50. The van der Waals surface area contributed by atoms with Crippen LogP contribution in [-0.2, 0) is 0 Å². The van der Waals surface area contributed by atoms with Crippen molar-refractivity contribution in [1.29, 1.82) is 0 Å². The van der Waals surface area contributed by atoms with Gasteiger partial charge in [0.15, 0.2) is 4.67 Å². The van der Waals surface area contributed by atoms with Crippen molar-refractivity contribution in [2.24, 2.45) is 0 Å². The Balaban J connectivity index is 1.97. The van der Waals surface area contributed by atoms with Gasteiger partial charge in [0.05, 0.1) is 5.56 Å². The second kappa shape index (κ2) is 7.26. The average molecular weight is 338 g/mol. The minimum absolute atomic E-state index is 0.0900. The fourth-order valence-corrected chi connectivity index (χ4v) is 2.35. The van der Waals surface area contributed by atoms with Gasteiger partial charge < -0.3 is 14.8 Å². The number of benzene rings is 1. The zero-order chi connectivity index (χ0) is 14.4. The summed E-state index contributed by atoms with van der Waals surface area (Å²) < 4.78 is 5.57. The minimum Gasteiger partial charge on any atom is -0.457 e. The number of nitrogens with one attached hydrogen (secondary N) is 1. The maximum absolute atomic E-state index is 11.9. The first-order valence-corrected chi connectivity index (χ1v) is 7.18. The number of aliphatic hydroxyl groups excluding tert-OH is 1. The summed E-state index contributed by atoms with van der Waals surface area (Å²) in [5.41, 5.74) is 1.59. The Kier molecular flexibility index (Phi) is 5.38. The summed E-state index contributed by atoms with van der Waals surface area (Å²) in [6.45, 7) is 0.568. The number of halogens is 1. The normalized spacial score (nSPS) is 12.1. The molecule has 1 aromatic carbocycles. The van der Waals surface area contributed by atoms with E-state index >= 15 is 0 Å². The smallest absolute Gasteiger partial charge is 0.254 e. The minimum atomic E-state index is -0.182. The first-order chi connectivity index (χ1) is 9.70. The molecule has 1 unspecified atom stereocenters. The Morgan fingerprint density at radius 1 is 1.35 bits per heavy atom. The van der Waals surface area contributed by atoms with Gasteiger partial charge in [-0.05, 0) is 27.9 Å². The number of carbonyl (C=O) groups excluding carboxylic acids is 1. The van der Waals surface area contributed by atoms with Crippen molar-refractivity contribution in [3.63, 3.8) is 0 Å². The van der Waals surface area contributed by atoms with E-state index < -0.39 is 0 Å². The van der Waals surface area contributed by atoms with Crippen LogP contribution < -0.4 is 5.32 Å². The molecule has 0 saturated heterocycles. The van der Waals surface area contributed by atoms with E-state index in [9.17, 15) is 4.79 Å². The SMILES string of the molecule is O=C(NCC(CCO)c1ccccc1)c1coc(Br)c1. The van der Waals surface area contributed by atoms with Crippen LogP contribution in [-0.4, -0.2) is 24.2 Å². The van der Waals surface area contributed by atoms with Crippen molar-refractivity contribution in [2.75, 3.05) is 13.2 Å². The first kappa shape index (κ1) is 14.8. The molecule has 0 spiro atoms. The number of amides is 1. The number of hydrogen-bond donors (Lipinski definition) is 2. The zero-order valence-corrected chi connectivity index (χ0v) is 12.5. The lowest BCUT2D eigenvalue weighted by molar-refractivity contribution is 0.0948. The van der Waals surface area contributed by atoms with Crippen LogP contribution in [0.25, 0.3) is 0 Å². The van der Waals surface area contributed by atoms with E-state index in [-0.39, 0.29) is 18.4 Å². The lowest BCUT2D eigenvalue weighted by Gasteiger charge is -2.16. The highest BCUT2D eigenvalue weighted by atomic mass is 79.9. The largest absolute Gasteiger partial charge is 0.457 e. The summed E-state index contributed by atoms with van der Waals surface area (Å²) in [5, 5.41) is 12.0. The molecule has 2 N–H and O–H groups in total. The lowest BCUT2D eigenvalue weighted by Crippen LogP contribution is -2.28. The molecule has 0 radical (unpaired) electrons. The van der Waals surface area contributed by atoms with E-state index in [0.29, 0.717) is 23.2 Å². The van der Waals surface area contributed by atoms with Crippen LogP contribution in [0.1, 0.15) is 28.3 Å². The molecule has 0 fully saturated rings. The summed E-state index contributed by atoms with van der Waals surface area (Å²) >= 11 is 3.16. The van der Waals surface area contributed by atoms with Crippen LogP contribution in [0, 0.1) is 0 Å². The van der Waals surface area contributed by atoms with E-state index in [2.05, 4.69) is 21.2 Å². The van der Waals surface area contributed by atoms with E-state index in [4.69, 9.17) is 9.52 Å². The van der Waals surface area contributed by atoms with Crippen LogP contribution in [0.5, 0.6) is 0 Å². The van der Waals surface area contributed by atoms with Gasteiger partial charge in [0.2, 0.25) is 0 Å². The molecule has 5 heteroatoms. The number of rotatable bonds is 6. The van der Waals surface area contributed by atoms with E-state index in [1.165, 1.54) is 6.26 Å². The number of carbonyl (C=O) groups is 1. The van der Waals surface area contributed by atoms with Gasteiger partial charge in [-0.3, -0.25) is 4.79 Å².